The van der Waals surface area contributed by atoms with Gasteiger partial charge < -0.3 is 10.6 Å². The smallest absolute Gasteiger partial charge is 0.240 e. The van der Waals surface area contributed by atoms with Gasteiger partial charge in [0.2, 0.25) is 5.91 Å². The van der Waals surface area contributed by atoms with Crippen molar-refractivity contribution in [1.82, 2.24) is 4.90 Å². The van der Waals surface area contributed by atoms with Crippen LogP contribution in [0.25, 0.3) is 0 Å². The van der Waals surface area contributed by atoms with E-state index in [1.54, 1.807) is 11.0 Å². The minimum Gasteiger partial charge on any atom is -0.332 e. The largest absolute Gasteiger partial charge is 0.332 e. The first-order valence-electron chi connectivity index (χ1n) is 6.15. The van der Waals surface area contributed by atoms with Gasteiger partial charge in [-0.25, -0.2) is 0 Å². The van der Waals surface area contributed by atoms with Crippen LogP contribution in [0.3, 0.4) is 0 Å². The molecule has 1 atom stereocenters. The second-order valence-corrected chi connectivity index (χ2v) is 7.36. The number of hydrogen-bond donors (Lipinski definition) is 1. The van der Waals surface area contributed by atoms with Crippen LogP contribution in [-0.2, 0) is 11.3 Å². The van der Waals surface area contributed by atoms with Crippen LogP contribution in [0.5, 0.6) is 0 Å². The molecule has 19 heavy (non-hydrogen) atoms. The molecular formula is C14H21ClN2OS. The fraction of sp³-hybridized carbons (Fsp3) is 0.500. The van der Waals surface area contributed by atoms with Gasteiger partial charge in [-0.2, -0.15) is 0 Å². The zero-order chi connectivity index (χ0) is 14.6. The van der Waals surface area contributed by atoms with Crippen LogP contribution in [0.2, 0.25) is 4.34 Å². The fourth-order valence-corrected chi connectivity index (χ4v) is 2.68. The maximum Gasteiger partial charge on any atom is 0.240 e. The summed E-state index contributed by atoms with van der Waals surface area (Å²) < 4.78 is 0.723. The molecule has 1 amide bonds. The Kier molecular flexibility index (Phi) is 5.59. The van der Waals surface area contributed by atoms with Crippen molar-refractivity contribution in [3.8, 4) is 0 Å². The summed E-state index contributed by atoms with van der Waals surface area (Å²) in [5.41, 5.74) is 5.78. The number of thiophene rings is 1. The predicted molar refractivity (Wildman–Crippen MR) is 82.4 cm³/mol. The van der Waals surface area contributed by atoms with Gasteiger partial charge in [0, 0.05) is 11.4 Å². The Bertz CT molecular complexity index is 451. The second kappa shape index (κ2) is 6.55. The van der Waals surface area contributed by atoms with E-state index in [1.165, 1.54) is 11.3 Å². The van der Waals surface area contributed by atoms with Gasteiger partial charge in [-0.1, -0.05) is 38.4 Å². The average Bonchev–Trinajstić information content (AvgIpc) is 2.71. The molecule has 5 heteroatoms. The van der Waals surface area contributed by atoms with E-state index >= 15 is 0 Å². The Labute approximate surface area is 124 Å². The second-order valence-electron chi connectivity index (χ2n) is 5.56. The lowest BCUT2D eigenvalue weighted by Gasteiger charge is -2.31. The maximum absolute atomic E-state index is 12.4. The summed E-state index contributed by atoms with van der Waals surface area (Å²) in [6.07, 6.45) is 1.71. The summed E-state index contributed by atoms with van der Waals surface area (Å²) in [6, 6.07) is 3.24. The van der Waals surface area contributed by atoms with Crippen molar-refractivity contribution in [1.29, 1.82) is 0 Å². The van der Waals surface area contributed by atoms with E-state index in [-0.39, 0.29) is 11.3 Å². The molecule has 0 bridgehead atoms. The third kappa shape index (κ3) is 4.64. The third-order valence-corrected chi connectivity index (χ3v) is 4.05. The summed E-state index contributed by atoms with van der Waals surface area (Å²) in [7, 11) is 0. The Balaban J connectivity index is 2.82. The van der Waals surface area contributed by atoms with E-state index in [2.05, 4.69) is 6.58 Å². The first kappa shape index (κ1) is 16.2. The first-order valence-corrected chi connectivity index (χ1v) is 7.34. The highest BCUT2D eigenvalue weighted by Gasteiger charge is 2.30. The Morgan fingerprint density at radius 3 is 2.63 bits per heavy atom. The SMILES string of the molecule is C=CCN(Cc1ccc(Cl)s1)C(=O)[C@H](N)C(C)(C)C. The Hall–Kier alpha value is -0.840. The standard InChI is InChI=1S/C14H21ClN2OS/c1-5-8-17(9-10-6-7-11(15)19-10)13(18)12(16)14(2,3)4/h5-7,12H,1,8-9,16H2,2-4H3/t12-/m0/s1. The lowest BCUT2D eigenvalue weighted by Crippen LogP contribution is -2.50. The molecule has 0 aliphatic rings. The monoisotopic (exact) mass is 300 g/mol. The van der Waals surface area contributed by atoms with Crippen LogP contribution >= 0.6 is 22.9 Å². The van der Waals surface area contributed by atoms with Gasteiger partial charge >= 0.3 is 0 Å². The van der Waals surface area contributed by atoms with Gasteiger partial charge in [0.05, 0.1) is 16.9 Å². The van der Waals surface area contributed by atoms with E-state index in [9.17, 15) is 4.79 Å². The summed E-state index contributed by atoms with van der Waals surface area (Å²) in [6.45, 7) is 10.6. The number of nitrogens with two attached hydrogens (primary N) is 1. The zero-order valence-electron chi connectivity index (χ0n) is 11.6. The molecule has 106 valence electrons. The topological polar surface area (TPSA) is 46.3 Å². The molecule has 1 aromatic heterocycles. The molecule has 0 saturated carbocycles. The van der Waals surface area contributed by atoms with Crippen LogP contribution in [0.1, 0.15) is 25.6 Å². The third-order valence-electron chi connectivity index (χ3n) is 2.84. The summed E-state index contributed by atoms with van der Waals surface area (Å²) in [5, 5.41) is 0. The van der Waals surface area contributed by atoms with Crippen LogP contribution in [0.4, 0.5) is 0 Å². The first-order chi connectivity index (χ1) is 8.75. The zero-order valence-corrected chi connectivity index (χ0v) is 13.2. The van der Waals surface area contributed by atoms with Gasteiger partial charge in [0.25, 0.3) is 0 Å². The lowest BCUT2D eigenvalue weighted by molar-refractivity contribution is -0.135. The molecule has 0 aromatic carbocycles. The normalized spacial score (nSPS) is 13.1. The minimum atomic E-state index is -0.525. The summed E-state index contributed by atoms with van der Waals surface area (Å²) in [4.78, 5) is 15.2. The van der Waals surface area contributed by atoms with E-state index in [1.807, 2.05) is 32.9 Å². The molecule has 0 unspecified atom stereocenters. The van der Waals surface area contributed by atoms with E-state index < -0.39 is 6.04 Å². The Morgan fingerprint density at radius 2 is 2.21 bits per heavy atom. The van der Waals surface area contributed by atoms with Crippen molar-refractivity contribution in [2.75, 3.05) is 6.54 Å². The van der Waals surface area contributed by atoms with Crippen LogP contribution < -0.4 is 5.73 Å². The van der Waals surface area contributed by atoms with Crippen LogP contribution in [0, 0.1) is 5.41 Å². The van der Waals surface area contributed by atoms with Gasteiger partial charge in [-0.15, -0.1) is 17.9 Å². The Morgan fingerprint density at radius 1 is 1.58 bits per heavy atom. The van der Waals surface area contributed by atoms with Gasteiger partial charge in [-0.3, -0.25) is 4.79 Å². The molecule has 1 rings (SSSR count). The van der Waals surface area contributed by atoms with Gasteiger partial charge in [0.15, 0.2) is 0 Å². The van der Waals surface area contributed by atoms with Gasteiger partial charge in [-0.05, 0) is 17.5 Å². The molecule has 1 aromatic rings. The van der Waals surface area contributed by atoms with Gasteiger partial charge in [0.1, 0.15) is 0 Å². The lowest BCUT2D eigenvalue weighted by atomic mass is 9.86. The van der Waals surface area contributed by atoms with Crippen LogP contribution in [-0.4, -0.2) is 23.4 Å². The fourth-order valence-electron chi connectivity index (χ4n) is 1.58. The quantitative estimate of drug-likeness (QED) is 0.848. The van der Waals surface area contributed by atoms with E-state index in [0.29, 0.717) is 13.1 Å². The number of halogens is 1. The highest BCUT2D eigenvalue weighted by Crippen LogP contribution is 2.24. The van der Waals surface area contributed by atoms with E-state index in [0.717, 1.165) is 9.21 Å². The van der Waals surface area contributed by atoms with Crippen molar-refractivity contribution >= 4 is 28.8 Å². The molecule has 2 N–H and O–H groups in total. The molecule has 0 fully saturated rings. The number of carbonyl (C=O) groups is 1. The summed E-state index contributed by atoms with van der Waals surface area (Å²) >= 11 is 7.38. The summed E-state index contributed by atoms with van der Waals surface area (Å²) in [5.74, 6) is -0.0584. The number of hydrogen-bond acceptors (Lipinski definition) is 3. The van der Waals surface area contributed by atoms with Crippen LogP contribution in [0.15, 0.2) is 24.8 Å². The van der Waals surface area contributed by atoms with Crippen molar-refractivity contribution in [3.05, 3.63) is 34.0 Å². The molecule has 0 saturated heterocycles. The number of amides is 1. The number of nitrogens with zero attached hydrogens (tertiary/aromatic N) is 1. The highest BCUT2D eigenvalue weighted by molar-refractivity contribution is 7.16. The van der Waals surface area contributed by atoms with Crippen molar-refractivity contribution in [2.24, 2.45) is 11.1 Å². The van der Waals surface area contributed by atoms with Crippen molar-refractivity contribution in [2.45, 2.75) is 33.4 Å². The molecule has 3 nitrogen and oxygen atoms in total. The van der Waals surface area contributed by atoms with E-state index in [4.69, 9.17) is 17.3 Å². The molecule has 0 spiro atoms. The number of rotatable bonds is 5. The van der Waals surface area contributed by atoms with Crippen molar-refractivity contribution < 1.29 is 4.79 Å². The number of carbonyl (C=O) groups excluding carboxylic acids is 1. The minimum absolute atomic E-state index is 0.0584. The van der Waals surface area contributed by atoms with Crippen molar-refractivity contribution in [3.63, 3.8) is 0 Å². The molecule has 1 heterocycles. The molecule has 0 aliphatic carbocycles. The predicted octanol–water partition coefficient (Wildman–Crippen LogP) is 3.29. The molecule has 0 radical (unpaired) electrons. The molecular weight excluding hydrogens is 280 g/mol. The average molecular weight is 301 g/mol. The molecule has 0 aliphatic heterocycles. The highest BCUT2D eigenvalue weighted by atomic mass is 35.5. The maximum atomic E-state index is 12.4.